The number of esters is 1. The Morgan fingerprint density at radius 1 is 1.12 bits per heavy atom. The predicted molar refractivity (Wildman–Crippen MR) is 151 cm³/mol. The van der Waals surface area contributed by atoms with Crippen LogP contribution in [0.25, 0.3) is 17.4 Å². The Labute approximate surface area is 238 Å². The van der Waals surface area contributed by atoms with E-state index >= 15 is 0 Å². The fraction of sp³-hybridized carbons (Fsp3) is 0.200. The molecule has 0 unspecified atom stereocenters. The summed E-state index contributed by atoms with van der Waals surface area (Å²) in [7, 11) is 3.03. The molecule has 210 valence electrons. The molecule has 3 heterocycles. The number of carboxylic acid groups (broad SMARTS) is 1. The molecule has 0 saturated heterocycles. The molecule has 2 aromatic carbocycles. The number of hydrogen-bond acceptors (Lipinski definition) is 9. The Morgan fingerprint density at radius 2 is 1.90 bits per heavy atom. The summed E-state index contributed by atoms with van der Waals surface area (Å²) in [6.45, 7) is 3.55. The maximum Gasteiger partial charge on any atom is 0.338 e. The Kier molecular flexibility index (Phi) is 7.62. The van der Waals surface area contributed by atoms with Crippen molar-refractivity contribution in [1.29, 1.82) is 0 Å². The van der Waals surface area contributed by atoms with Crippen LogP contribution in [0.5, 0.6) is 11.5 Å². The van der Waals surface area contributed by atoms with Crippen LogP contribution < -0.4 is 24.4 Å². The van der Waals surface area contributed by atoms with Crippen molar-refractivity contribution in [3.8, 4) is 22.8 Å². The third kappa shape index (κ3) is 5.07. The molecule has 0 bridgehead atoms. The molecule has 41 heavy (non-hydrogen) atoms. The minimum absolute atomic E-state index is 0.0991. The SMILES string of the molecule is CCOC(=O)C1=C(C)N=c2s/c(=C/c3ccc(-c4ccccc4C(=O)O)o3)c(=O)n2[C@@H]1c1cc(OC)ccc1OC. The number of benzene rings is 2. The zero-order valence-electron chi connectivity index (χ0n) is 22.7. The van der Waals surface area contributed by atoms with Gasteiger partial charge in [-0.15, -0.1) is 0 Å². The molecule has 0 radical (unpaired) electrons. The van der Waals surface area contributed by atoms with Crippen LogP contribution in [0.3, 0.4) is 0 Å². The number of furan rings is 1. The van der Waals surface area contributed by atoms with E-state index in [4.69, 9.17) is 18.6 Å². The van der Waals surface area contributed by atoms with Crippen molar-refractivity contribution in [3.63, 3.8) is 0 Å². The summed E-state index contributed by atoms with van der Waals surface area (Å²) >= 11 is 1.14. The highest BCUT2D eigenvalue weighted by atomic mass is 32.1. The normalized spacial score (nSPS) is 14.8. The summed E-state index contributed by atoms with van der Waals surface area (Å²) in [6.07, 6.45) is 1.57. The van der Waals surface area contributed by atoms with Crippen molar-refractivity contribution in [3.05, 3.63) is 102 Å². The lowest BCUT2D eigenvalue weighted by molar-refractivity contribution is -0.139. The predicted octanol–water partition coefficient (Wildman–Crippen LogP) is 3.77. The van der Waals surface area contributed by atoms with E-state index in [1.54, 1.807) is 68.5 Å². The maximum atomic E-state index is 13.9. The van der Waals surface area contributed by atoms with E-state index < -0.39 is 23.5 Å². The molecule has 0 spiro atoms. The van der Waals surface area contributed by atoms with Gasteiger partial charge in [0.05, 0.1) is 42.2 Å². The van der Waals surface area contributed by atoms with Crippen LogP contribution in [0.4, 0.5) is 0 Å². The first-order chi connectivity index (χ1) is 19.8. The fourth-order valence-corrected chi connectivity index (χ4v) is 5.75. The van der Waals surface area contributed by atoms with Gasteiger partial charge in [-0.2, -0.15) is 0 Å². The first-order valence-corrected chi connectivity index (χ1v) is 13.4. The molecule has 0 fully saturated rings. The average molecular weight is 575 g/mol. The maximum absolute atomic E-state index is 13.9. The van der Waals surface area contributed by atoms with Crippen LogP contribution in [-0.4, -0.2) is 42.4 Å². The number of carbonyl (C=O) groups is 2. The molecule has 1 atom stereocenters. The van der Waals surface area contributed by atoms with Crippen LogP contribution >= 0.6 is 11.3 Å². The Morgan fingerprint density at radius 3 is 2.61 bits per heavy atom. The third-order valence-electron chi connectivity index (χ3n) is 6.57. The molecule has 10 nitrogen and oxygen atoms in total. The van der Waals surface area contributed by atoms with E-state index in [1.165, 1.54) is 24.9 Å². The Balaban J connectivity index is 1.69. The third-order valence-corrected chi connectivity index (χ3v) is 7.55. The monoisotopic (exact) mass is 574 g/mol. The number of aromatic carboxylic acids is 1. The highest BCUT2D eigenvalue weighted by molar-refractivity contribution is 7.07. The number of allylic oxidation sites excluding steroid dienone is 1. The summed E-state index contributed by atoms with van der Waals surface area (Å²) < 4.78 is 24.1. The van der Waals surface area contributed by atoms with E-state index in [1.807, 2.05) is 0 Å². The second kappa shape index (κ2) is 11.3. The van der Waals surface area contributed by atoms with Crippen molar-refractivity contribution < 1.29 is 33.3 Å². The van der Waals surface area contributed by atoms with Gasteiger partial charge in [0.1, 0.15) is 29.1 Å². The number of aromatic nitrogens is 1. The van der Waals surface area contributed by atoms with E-state index in [2.05, 4.69) is 4.99 Å². The van der Waals surface area contributed by atoms with Crippen LogP contribution in [0.15, 0.2) is 80.1 Å². The van der Waals surface area contributed by atoms with Gasteiger partial charge in [0, 0.05) is 17.2 Å². The van der Waals surface area contributed by atoms with Gasteiger partial charge in [0.2, 0.25) is 0 Å². The number of nitrogens with zero attached hydrogens (tertiary/aromatic N) is 2. The molecular weight excluding hydrogens is 548 g/mol. The first-order valence-electron chi connectivity index (χ1n) is 12.6. The van der Waals surface area contributed by atoms with E-state index in [-0.39, 0.29) is 17.7 Å². The molecule has 1 aliphatic rings. The van der Waals surface area contributed by atoms with Crippen LogP contribution in [0, 0.1) is 0 Å². The lowest BCUT2D eigenvalue weighted by Crippen LogP contribution is -2.40. The lowest BCUT2D eigenvalue weighted by atomic mass is 9.95. The van der Waals surface area contributed by atoms with E-state index in [0.717, 1.165) is 11.3 Å². The molecule has 0 saturated carbocycles. The molecule has 1 N–H and O–H groups in total. The van der Waals surface area contributed by atoms with Crippen LogP contribution in [0.1, 0.15) is 41.6 Å². The second-order valence-electron chi connectivity index (χ2n) is 8.96. The van der Waals surface area contributed by atoms with Crippen molar-refractivity contribution >= 4 is 29.4 Å². The summed E-state index contributed by atoms with van der Waals surface area (Å²) in [4.78, 5) is 43.7. The molecule has 0 amide bonds. The lowest BCUT2D eigenvalue weighted by Gasteiger charge is -2.26. The molecule has 2 aromatic heterocycles. The number of methoxy groups -OCH3 is 2. The van der Waals surface area contributed by atoms with Gasteiger partial charge in [-0.25, -0.2) is 14.6 Å². The van der Waals surface area contributed by atoms with Gasteiger partial charge in [-0.05, 0) is 50.2 Å². The van der Waals surface area contributed by atoms with Gasteiger partial charge >= 0.3 is 11.9 Å². The van der Waals surface area contributed by atoms with Crippen molar-refractivity contribution in [2.75, 3.05) is 20.8 Å². The zero-order chi connectivity index (χ0) is 29.3. The molecular formula is C30H26N2O8S. The second-order valence-corrected chi connectivity index (χ2v) is 9.97. The zero-order valence-corrected chi connectivity index (χ0v) is 23.5. The Hall–Kier alpha value is -4.90. The smallest absolute Gasteiger partial charge is 0.338 e. The summed E-state index contributed by atoms with van der Waals surface area (Å²) in [6, 6.07) is 14.1. The number of carboxylic acids is 1. The van der Waals surface area contributed by atoms with Crippen molar-refractivity contribution in [1.82, 2.24) is 4.57 Å². The van der Waals surface area contributed by atoms with Crippen molar-refractivity contribution in [2.45, 2.75) is 19.9 Å². The first kappa shape index (κ1) is 27.7. The standard InChI is InChI=1S/C30H26N2O8S/c1-5-39-29(36)25-16(2)31-30-32(26(25)21-14-17(37-3)10-12-22(21)38-4)27(33)24(41-30)15-18-11-13-23(40-18)19-8-6-7-9-20(19)28(34)35/h6-15,26H,5H2,1-4H3,(H,34,35)/b24-15+/t26-/m1/s1. The quantitative estimate of drug-likeness (QED) is 0.315. The summed E-state index contributed by atoms with van der Waals surface area (Å²) in [5.74, 6) is 0.00207. The molecule has 1 aliphatic heterocycles. The number of hydrogen-bond donors (Lipinski definition) is 1. The number of carbonyl (C=O) groups excluding carboxylic acids is 1. The molecule has 0 aliphatic carbocycles. The number of rotatable bonds is 8. The highest BCUT2D eigenvalue weighted by Gasteiger charge is 2.35. The minimum Gasteiger partial charge on any atom is -0.497 e. The van der Waals surface area contributed by atoms with Crippen LogP contribution in [0.2, 0.25) is 0 Å². The van der Waals surface area contributed by atoms with Crippen LogP contribution in [-0.2, 0) is 9.53 Å². The van der Waals surface area contributed by atoms with Gasteiger partial charge in [0.25, 0.3) is 5.56 Å². The molecule has 11 heteroatoms. The minimum atomic E-state index is -1.08. The summed E-state index contributed by atoms with van der Waals surface area (Å²) in [5.41, 5.74) is 1.27. The number of ether oxygens (including phenoxy) is 3. The van der Waals surface area contributed by atoms with Gasteiger partial charge < -0.3 is 23.7 Å². The van der Waals surface area contributed by atoms with Gasteiger partial charge in [-0.3, -0.25) is 9.36 Å². The van der Waals surface area contributed by atoms with E-state index in [0.29, 0.717) is 49.2 Å². The molecule has 5 rings (SSSR count). The fourth-order valence-electron chi connectivity index (χ4n) is 4.73. The van der Waals surface area contributed by atoms with Crippen molar-refractivity contribution in [2.24, 2.45) is 4.99 Å². The van der Waals surface area contributed by atoms with Gasteiger partial charge in [0.15, 0.2) is 4.80 Å². The Bertz CT molecular complexity index is 1880. The average Bonchev–Trinajstić information content (AvgIpc) is 3.56. The van der Waals surface area contributed by atoms with Gasteiger partial charge in [-0.1, -0.05) is 29.5 Å². The van der Waals surface area contributed by atoms with E-state index in [9.17, 15) is 19.5 Å². The largest absolute Gasteiger partial charge is 0.497 e. The number of fused-ring (bicyclic) bond motifs is 1. The number of thiazole rings is 1. The topological polar surface area (TPSA) is 130 Å². The molecule has 4 aromatic rings. The highest BCUT2D eigenvalue weighted by Crippen LogP contribution is 2.38. The summed E-state index contributed by atoms with van der Waals surface area (Å²) in [5, 5.41) is 9.55.